The minimum atomic E-state index is -0.888. The van der Waals surface area contributed by atoms with E-state index < -0.39 is 17.7 Å². The topological polar surface area (TPSA) is 179 Å². The molecular formula is C27H52N2O13. The summed E-state index contributed by atoms with van der Waals surface area (Å²) in [7, 11) is 0. The highest BCUT2D eigenvalue weighted by Crippen LogP contribution is 2.06. The van der Waals surface area contributed by atoms with Crippen molar-refractivity contribution in [3.8, 4) is 0 Å². The van der Waals surface area contributed by atoms with Crippen molar-refractivity contribution in [2.45, 2.75) is 39.2 Å². The summed E-state index contributed by atoms with van der Waals surface area (Å²) in [6.07, 6.45) is -0.232. The van der Waals surface area contributed by atoms with Gasteiger partial charge in [-0.1, -0.05) is 0 Å². The van der Waals surface area contributed by atoms with Crippen LogP contribution >= 0.6 is 0 Å². The van der Waals surface area contributed by atoms with E-state index >= 15 is 0 Å². The summed E-state index contributed by atoms with van der Waals surface area (Å²) >= 11 is 0. The Morgan fingerprint density at radius 3 is 1.21 bits per heavy atom. The van der Waals surface area contributed by atoms with Crippen LogP contribution in [-0.2, 0) is 52.2 Å². The van der Waals surface area contributed by atoms with Gasteiger partial charge in [0.2, 0.25) is 5.91 Å². The molecule has 0 unspecified atom stereocenters. The normalized spacial score (nSPS) is 11.4. The van der Waals surface area contributed by atoms with E-state index in [1.54, 1.807) is 20.8 Å². The number of nitrogens with one attached hydrogen (secondary N) is 2. The molecule has 0 radical (unpaired) electrons. The summed E-state index contributed by atoms with van der Waals surface area (Å²) < 4.78 is 47.8. The first-order valence-corrected chi connectivity index (χ1v) is 14.3. The van der Waals surface area contributed by atoms with E-state index in [0.717, 1.165) is 0 Å². The number of hydrogen-bond acceptors (Lipinski definition) is 12. The Labute approximate surface area is 249 Å². The maximum Gasteiger partial charge on any atom is 0.407 e. The molecule has 0 aliphatic heterocycles. The smallest absolute Gasteiger partial charge is 0.407 e. The molecule has 0 aromatic heterocycles. The Bertz CT molecular complexity index is 662. The lowest BCUT2D eigenvalue weighted by Gasteiger charge is -2.19. The highest BCUT2D eigenvalue weighted by atomic mass is 16.6. The van der Waals surface area contributed by atoms with Crippen LogP contribution in [0, 0.1) is 0 Å². The molecule has 0 aromatic carbocycles. The monoisotopic (exact) mass is 612 g/mol. The first kappa shape index (κ1) is 39.9. The number of carbonyl (C=O) groups excluding carboxylic acids is 2. The van der Waals surface area contributed by atoms with Gasteiger partial charge in [0.1, 0.15) is 5.60 Å². The lowest BCUT2D eigenvalue weighted by Crippen LogP contribution is -2.34. The summed E-state index contributed by atoms with van der Waals surface area (Å²) in [6, 6.07) is 0. The molecule has 0 atom stereocenters. The fourth-order valence-corrected chi connectivity index (χ4v) is 2.74. The van der Waals surface area contributed by atoms with E-state index in [0.29, 0.717) is 112 Å². The molecule has 0 aliphatic carbocycles. The predicted octanol–water partition coefficient (Wildman–Crippen LogP) is 0.625. The van der Waals surface area contributed by atoms with Gasteiger partial charge in [0, 0.05) is 19.5 Å². The van der Waals surface area contributed by atoms with Crippen molar-refractivity contribution in [1.29, 1.82) is 0 Å². The SMILES string of the molecule is CC(C)(C)OC(=O)NCCOCCOCCOCCOCCC(=O)NCCOCCOCCOCCOCCC(=O)O. The van der Waals surface area contributed by atoms with Gasteiger partial charge in [-0.25, -0.2) is 4.79 Å². The van der Waals surface area contributed by atoms with Crippen molar-refractivity contribution in [1.82, 2.24) is 10.6 Å². The van der Waals surface area contributed by atoms with Crippen LogP contribution in [0.15, 0.2) is 0 Å². The maximum atomic E-state index is 11.8. The van der Waals surface area contributed by atoms with Crippen molar-refractivity contribution >= 4 is 18.0 Å². The average Bonchev–Trinajstić information content (AvgIpc) is 2.91. The standard InChI is InChI=1S/C27H52N2O13/c1-27(2,3)42-26(33)29-7-11-37-15-19-41-22-20-38-16-12-34-8-4-24(30)28-6-10-36-14-18-40-23-21-39-17-13-35-9-5-25(31)32/h4-23H2,1-3H3,(H,28,30)(H,29,33)(H,31,32). The molecule has 2 amide bonds. The van der Waals surface area contributed by atoms with Crippen LogP contribution in [0.4, 0.5) is 4.79 Å². The summed E-state index contributed by atoms with van der Waals surface area (Å²) in [6.45, 7) is 12.3. The summed E-state index contributed by atoms with van der Waals surface area (Å²) in [5.41, 5.74) is -0.524. The minimum absolute atomic E-state index is 0.0178. The first-order chi connectivity index (χ1) is 20.2. The first-order valence-electron chi connectivity index (χ1n) is 14.3. The summed E-state index contributed by atoms with van der Waals surface area (Å²) in [5.74, 6) is -1.00. The number of hydrogen-bond donors (Lipinski definition) is 3. The maximum absolute atomic E-state index is 11.8. The van der Waals surface area contributed by atoms with Gasteiger partial charge < -0.3 is 58.4 Å². The van der Waals surface area contributed by atoms with Gasteiger partial charge in [0.05, 0.1) is 112 Å². The van der Waals surface area contributed by atoms with Gasteiger partial charge in [-0.3, -0.25) is 9.59 Å². The fourth-order valence-electron chi connectivity index (χ4n) is 2.74. The van der Waals surface area contributed by atoms with Gasteiger partial charge in [0.15, 0.2) is 0 Å². The number of amides is 2. The van der Waals surface area contributed by atoms with Crippen LogP contribution in [0.3, 0.4) is 0 Å². The van der Waals surface area contributed by atoms with Crippen LogP contribution < -0.4 is 10.6 Å². The Morgan fingerprint density at radius 1 is 0.500 bits per heavy atom. The van der Waals surface area contributed by atoms with Gasteiger partial charge >= 0.3 is 12.1 Å². The van der Waals surface area contributed by atoms with Crippen molar-refractivity contribution in [2.75, 3.05) is 119 Å². The Kier molecular flexibility index (Phi) is 27.5. The molecular weight excluding hydrogens is 560 g/mol. The van der Waals surface area contributed by atoms with Crippen LogP contribution in [-0.4, -0.2) is 147 Å². The number of carboxylic acid groups (broad SMARTS) is 1. The molecule has 42 heavy (non-hydrogen) atoms. The third-order valence-corrected chi connectivity index (χ3v) is 4.65. The predicted molar refractivity (Wildman–Crippen MR) is 151 cm³/mol. The number of aliphatic carboxylic acids is 1. The molecule has 0 aromatic rings. The van der Waals surface area contributed by atoms with Crippen LogP contribution in [0.2, 0.25) is 0 Å². The van der Waals surface area contributed by atoms with Gasteiger partial charge in [-0.05, 0) is 20.8 Å². The molecule has 0 saturated heterocycles. The number of carbonyl (C=O) groups is 3. The molecule has 0 spiro atoms. The zero-order valence-corrected chi connectivity index (χ0v) is 25.5. The summed E-state index contributed by atoms with van der Waals surface area (Å²) in [5, 5.41) is 13.8. The Morgan fingerprint density at radius 2 is 0.833 bits per heavy atom. The Balaban J connectivity index is 3.22. The fraction of sp³-hybridized carbons (Fsp3) is 0.889. The largest absolute Gasteiger partial charge is 0.481 e. The van der Waals surface area contributed by atoms with Crippen molar-refractivity contribution in [2.24, 2.45) is 0 Å². The second-order valence-electron chi connectivity index (χ2n) is 9.57. The van der Waals surface area contributed by atoms with E-state index in [9.17, 15) is 14.4 Å². The minimum Gasteiger partial charge on any atom is -0.481 e. The zero-order chi connectivity index (χ0) is 31.2. The molecule has 15 heteroatoms. The lowest BCUT2D eigenvalue weighted by atomic mass is 10.2. The number of ether oxygens (including phenoxy) is 9. The summed E-state index contributed by atoms with van der Waals surface area (Å²) in [4.78, 5) is 33.6. The van der Waals surface area contributed by atoms with E-state index in [2.05, 4.69) is 10.6 Å². The molecule has 0 heterocycles. The molecule has 248 valence electrons. The van der Waals surface area contributed by atoms with E-state index in [1.807, 2.05) is 0 Å². The number of alkyl carbamates (subject to hydrolysis) is 1. The third-order valence-electron chi connectivity index (χ3n) is 4.65. The van der Waals surface area contributed by atoms with Crippen molar-refractivity contribution in [3.05, 3.63) is 0 Å². The van der Waals surface area contributed by atoms with Gasteiger partial charge in [0.25, 0.3) is 0 Å². The molecule has 15 nitrogen and oxygen atoms in total. The average molecular weight is 613 g/mol. The van der Waals surface area contributed by atoms with Crippen molar-refractivity contribution in [3.63, 3.8) is 0 Å². The number of carboxylic acids is 1. The van der Waals surface area contributed by atoms with Crippen LogP contribution in [0.1, 0.15) is 33.6 Å². The van der Waals surface area contributed by atoms with Gasteiger partial charge in [-0.15, -0.1) is 0 Å². The van der Waals surface area contributed by atoms with E-state index in [1.165, 1.54) is 0 Å². The van der Waals surface area contributed by atoms with Crippen LogP contribution in [0.5, 0.6) is 0 Å². The van der Waals surface area contributed by atoms with E-state index in [4.69, 9.17) is 47.7 Å². The quantitative estimate of drug-likeness (QED) is 0.0963. The van der Waals surface area contributed by atoms with Crippen molar-refractivity contribution < 1.29 is 62.1 Å². The second kappa shape index (κ2) is 29.0. The molecule has 0 aliphatic rings. The molecule has 0 saturated carbocycles. The Hall–Kier alpha value is -2.11. The number of rotatable bonds is 30. The highest BCUT2D eigenvalue weighted by molar-refractivity contribution is 5.75. The van der Waals surface area contributed by atoms with Crippen LogP contribution in [0.25, 0.3) is 0 Å². The van der Waals surface area contributed by atoms with Gasteiger partial charge in [-0.2, -0.15) is 0 Å². The lowest BCUT2D eigenvalue weighted by molar-refractivity contribution is -0.138. The highest BCUT2D eigenvalue weighted by Gasteiger charge is 2.15. The van der Waals surface area contributed by atoms with E-state index in [-0.39, 0.29) is 25.4 Å². The molecule has 0 fully saturated rings. The second-order valence-corrected chi connectivity index (χ2v) is 9.57. The molecule has 3 N–H and O–H groups in total. The molecule has 0 rings (SSSR count). The third kappa shape index (κ3) is 34.1. The zero-order valence-electron chi connectivity index (χ0n) is 25.5. The molecule has 0 bridgehead atoms.